The topological polar surface area (TPSA) is 20.3 Å². The molecule has 2 nitrogen and oxygen atoms in total. The van der Waals surface area contributed by atoms with Crippen LogP contribution in [0.2, 0.25) is 0 Å². The van der Waals surface area contributed by atoms with Crippen molar-refractivity contribution in [3.05, 3.63) is 0 Å². The Labute approximate surface area is 82.3 Å². The fraction of sp³-hybridized carbons (Fsp3) is 0.909. The van der Waals surface area contributed by atoms with Gasteiger partial charge in [0, 0.05) is 20.5 Å². The Kier molecular flexibility index (Phi) is 5.04. The Morgan fingerprint density at radius 3 is 2.15 bits per heavy atom. The number of carbonyl (C=O) groups is 1. The molecule has 0 aromatic heterocycles. The van der Waals surface area contributed by atoms with Crippen molar-refractivity contribution >= 4 is 5.91 Å². The fourth-order valence-electron chi connectivity index (χ4n) is 1.16. The molecule has 0 bridgehead atoms. The van der Waals surface area contributed by atoms with Crippen molar-refractivity contribution in [3.63, 3.8) is 0 Å². The maximum Gasteiger partial charge on any atom is 0.219 e. The first-order chi connectivity index (χ1) is 5.83. The number of carbonyl (C=O) groups excluding carboxylic acids is 1. The van der Waals surface area contributed by atoms with Crippen LogP contribution >= 0.6 is 0 Å². The molecule has 2 heteroatoms. The summed E-state index contributed by atoms with van der Waals surface area (Å²) >= 11 is 0. The normalized spacial score (nSPS) is 11.5. The second kappa shape index (κ2) is 5.25. The molecule has 0 N–H and O–H groups in total. The summed E-state index contributed by atoms with van der Waals surface area (Å²) < 4.78 is 0. The Hall–Kier alpha value is -0.530. The predicted octanol–water partition coefficient (Wildman–Crippen LogP) is 2.68. The predicted molar refractivity (Wildman–Crippen MR) is 56.6 cm³/mol. The quantitative estimate of drug-likeness (QED) is 0.617. The Balaban J connectivity index is 3.41. The zero-order chi connectivity index (χ0) is 10.5. The van der Waals surface area contributed by atoms with Gasteiger partial charge < -0.3 is 4.90 Å². The molecular weight excluding hydrogens is 162 g/mol. The van der Waals surface area contributed by atoms with Gasteiger partial charge in [-0.1, -0.05) is 27.2 Å². The molecule has 1 amide bonds. The van der Waals surface area contributed by atoms with Crippen LogP contribution in [0.5, 0.6) is 0 Å². The first kappa shape index (κ1) is 12.5. The van der Waals surface area contributed by atoms with E-state index in [0.717, 1.165) is 13.0 Å². The van der Waals surface area contributed by atoms with E-state index in [4.69, 9.17) is 0 Å². The molecule has 78 valence electrons. The van der Waals surface area contributed by atoms with Gasteiger partial charge in [-0.25, -0.2) is 0 Å². The maximum absolute atomic E-state index is 10.9. The van der Waals surface area contributed by atoms with E-state index in [9.17, 15) is 4.79 Å². The SMILES string of the molecule is CC(=O)N(C)CCCCC(C)(C)C. The van der Waals surface area contributed by atoms with Crippen LogP contribution in [0.3, 0.4) is 0 Å². The van der Waals surface area contributed by atoms with E-state index in [-0.39, 0.29) is 5.91 Å². The van der Waals surface area contributed by atoms with Crippen LogP contribution in [0.1, 0.15) is 47.0 Å². The summed E-state index contributed by atoms with van der Waals surface area (Å²) in [6.07, 6.45) is 3.56. The van der Waals surface area contributed by atoms with Crippen LogP contribution in [-0.2, 0) is 4.79 Å². The molecule has 0 atom stereocenters. The van der Waals surface area contributed by atoms with Crippen LogP contribution in [0.4, 0.5) is 0 Å². The average Bonchev–Trinajstić information content (AvgIpc) is 1.95. The van der Waals surface area contributed by atoms with Gasteiger partial charge in [0.1, 0.15) is 0 Å². The van der Waals surface area contributed by atoms with E-state index in [1.54, 1.807) is 11.8 Å². The molecule has 0 saturated heterocycles. The van der Waals surface area contributed by atoms with Crippen molar-refractivity contribution in [2.24, 2.45) is 5.41 Å². The van der Waals surface area contributed by atoms with Crippen LogP contribution in [-0.4, -0.2) is 24.4 Å². The highest BCUT2D eigenvalue weighted by Gasteiger charge is 2.09. The average molecular weight is 185 g/mol. The van der Waals surface area contributed by atoms with E-state index in [2.05, 4.69) is 20.8 Å². The van der Waals surface area contributed by atoms with E-state index >= 15 is 0 Å². The fourth-order valence-corrected chi connectivity index (χ4v) is 1.16. The molecule has 0 heterocycles. The summed E-state index contributed by atoms with van der Waals surface area (Å²) in [6, 6.07) is 0. The number of nitrogens with zero attached hydrogens (tertiary/aromatic N) is 1. The number of unbranched alkanes of at least 4 members (excludes halogenated alkanes) is 1. The highest BCUT2D eigenvalue weighted by Crippen LogP contribution is 2.21. The van der Waals surface area contributed by atoms with Crippen LogP contribution in [0.15, 0.2) is 0 Å². The highest BCUT2D eigenvalue weighted by molar-refractivity contribution is 5.72. The summed E-state index contributed by atoms with van der Waals surface area (Å²) in [4.78, 5) is 12.6. The molecule has 0 aliphatic heterocycles. The van der Waals surface area contributed by atoms with E-state index in [1.807, 2.05) is 7.05 Å². The second-order valence-corrected chi connectivity index (χ2v) is 4.96. The Bertz CT molecular complexity index is 158. The monoisotopic (exact) mass is 185 g/mol. The zero-order valence-corrected chi connectivity index (χ0v) is 9.68. The van der Waals surface area contributed by atoms with Gasteiger partial charge in [0.2, 0.25) is 5.91 Å². The minimum Gasteiger partial charge on any atom is -0.346 e. The van der Waals surface area contributed by atoms with Gasteiger partial charge in [-0.05, 0) is 18.3 Å². The molecule has 0 aliphatic carbocycles. The lowest BCUT2D eigenvalue weighted by atomic mass is 9.90. The maximum atomic E-state index is 10.9. The molecule has 0 aromatic carbocycles. The summed E-state index contributed by atoms with van der Waals surface area (Å²) in [7, 11) is 1.86. The number of rotatable bonds is 4. The lowest BCUT2D eigenvalue weighted by molar-refractivity contribution is -0.127. The first-order valence-corrected chi connectivity index (χ1v) is 5.04. The molecule has 0 aliphatic rings. The zero-order valence-electron chi connectivity index (χ0n) is 9.68. The van der Waals surface area contributed by atoms with Gasteiger partial charge in [0.15, 0.2) is 0 Å². The third kappa shape index (κ3) is 7.82. The summed E-state index contributed by atoms with van der Waals surface area (Å²) in [5.41, 5.74) is 0.425. The van der Waals surface area contributed by atoms with Gasteiger partial charge >= 0.3 is 0 Å². The van der Waals surface area contributed by atoms with Crippen molar-refractivity contribution in [2.45, 2.75) is 47.0 Å². The lowest BCUT2D eigenvalue weighted by Gasteiger charge is -2.19. The summed E-state index contributed by atoms with van der Waals surface area (Å²) in [5.74, 6) is 0.163. The Morgan fingerprint density at radius 2 is 1.77 bits per heavy atom. The minimum atomic E-state index is 0.163. The van der Waals surface area contributed by atoms with Gasteiger partial charge in [-0.3, -0.25) is 4.79 Å². The largest absolute Gasteiger partial charge is 0.346 e. The van der Waals surface area contributed by atoms with Crippen molar-refractivity contribution in [3.8, 4) is 0 Å². The number of hydrogen-bond donors (Lipinski definition) is 0. The van der Waals surface area contributed by atoms with Crippen LogP contribution in [0.25, 0.3) is 0 Å². The third-order valence-corrected chi connectivity index (χ3v) is 2.21. The second-order valence-electron chi connectivity index (χ2n) is 4.96. The number of amides is 1. The third-order valence-electron chi connectivity index (χ3n) is 2.21. The van der Waals surface area contributed by atoms with Gasteiger partial charge in [-0.15, -0.1) is 0 Å². The van der Waals surface area contributed by atoms with Crippen molar-refractivity contribution in [2.75, 3.05) is 13.6 Å². The first-order valence-electron chi connectivity index (χ1n) is 5.04. The van der Waals surface area contributed by atoms with Gasteiger partial charge in [-0.2, -0.15) is 0 Å². The molecule has 0 unspecified atom stereocenters. The van der Waals surface area contributed by atoms with E-state index in [1.165, 1.54) is 12.8 Å². The Morgan fingerprint density at radius 1 is 1.23 bits per heavy atom. The summed E-state index contributed by atoms with van der Waals surface area (Å²) in [5, 5.41) is 0. The van der Waals surface area contributed by atoms with Crippen molar-refractivity contribution in [1.82, 2.24) is 4.90 Å². The molecule has 0 fully saturated rings. The standard InChI is InChI=1S/C11H23NO/c1-10(13)12(5)9-7-6-8-11(2,3)4/h6-9H2,1-5H3. The van der Waals surface area contributed by atoms with Crippen molar-refractivity contribution < 1.29 is 4.79 Å². The molecule has 0 spiro atoms. The minimum absolute atomic E-state index is 0.163. The smallest absolute Gasteiger partial charge is 0.219 e. The highest BCUT2D eigenvalue weighted by atomic mass is 16.2. The molecule has 13 heavy (non-hydrogen) atoms. The summed E-state index contributed by atoms with van der Waals surface area (Å²) in [6.45, 7) is 9.26. The van der Waals surface area contributed by atoms with E-state index in [0.29, 0.717) is 5.41 Å². The lowest BCUT2D eigenvalue weighted by Crippen LogP contribution is -2.24. The van der Waals surface area contributed by atoms with Crippen LogP contribution in [0, 0.1) is 5.41 Å². The molecule has 0 rings (SSSR count). The molecule has 0 radical (unpaired) electrons. The number of hydrogen-bond acceptors (Lipinski definition) is 1. The molecule has 0 aromatic rings. The van der Waals surface area contributed by atoms with Gasteiger partial charge in [0.05, 0.1) is 0 Å². The van der Waals surface area contributed by atoms with E-state index < -0.39 is 0 Å². The van der Waals surface area contributed by atoms with Gasteiger partial charge in [0.25, 0.3) is 0 Å². The molecule has 0 saturated carbocycles. The van der Waals surface area contributed by atoms with Crippen molar-refractivity contribution in [1.29, 1.82) is 0 Å². The molecular formula is C11H23NO. The van der Waals surface area contributed by atoms with Crippen LogP contribution < -0.4 is 0 Å².